The average molecular weight is 1360 g/mol. The fourth-order valence-electron chi connectivity index (χ4n) is 19.7. The highest BCUT2D eigenvalue weighted by Crippen LogP contribution is 2.63. The normalized spacial score (nSPS) is 20.7. The van der Waals surface area contributed by atoms with E-state index < -0.39 is 0 Å². The molecule has 0 aromatic heterocycles. The summed E-state index contributed by atoms with van der Waals surface area (Å²) < 4.78 is 7.95. The Morgan fingerprint density at radius 1 is 0.398 bits per heavy atom. The number of benzene rings is 11. The number of fused-ring (bicyclic) bond motifs is 11. The van der Waals surface area contributed by atoms with E-state index in [9.17, 15) is 0 Å². The molecule has 510 valence electrons. The Labute approximate surface area is 615 Å². The zero-order valence-electron chi connectivity index (χ0n) is 60.7. The molecule has 11 aromatic rings. The van der Waals surface area contributed by atoms with Gasteiger partial charge in [-0.2, -0.15) is 0 Å². The van der Waals surface area contributed by atoms with Crippen molar-refractivity contribution in [2.75, 3.05) is 24.5 Å². The summed E-state index contributed by atoms with van der Waals surface area (Å²) in [5.41, 5.74) is 28.6. The van der Waals surface area contributed by atoms with Crippen molar-refractivity contribution in [3.05, 3.63) is 310 Å². The molecule has 11 aromatic carbocycles. The van der Waals surface area contributed by atoms with Gasteiger partial charge in [-0.3, -0.25) is 0 Å². The molecule has 0 amide bonds. The van der Waals surface area contributed by atoms with Crippen molar-refractivity contribution < 1.29 is 4.74 Å². The summed E-state index contributed by atoms with van der Waals surface area (Å²) in [5, 5.41) is 0. The molecule has 6 nitrogen and oxygen atoms in total. The second kappa shape index (κ2) is 23.8. The molecule has 8 heteroatoms. The number of para-hydroxylation sites is 6. The predicted molar refractivity (Wildman–Crippen MR) is 436 cm³/mol. The minimum Gasteiger partial charge on any atom is -0.456 e. The Hall–Kier alpha value is -9.89. The van der Waals surface area contributed by atoms with Crippen molar-refractivity contribution in [1.82, 2.24) is 0 Å². The third-order valence-corrected chi connectivity index (χ3v) is 26.2. The van der Waals surface area contributed by atoms with Gasteiger partial charge in [-0.1, -0.05) is 189 Å². The van der Waals surface area contributed by atoms with Gasteiger partial charge < -0.3 is 29.2 Å². The summed E-state index contributed by atoms with van der Waals surface area (Å²) in [6, 6.07) is 94.1. The first kappa shape index (κ1) is 64.0. The number of hydrogen-bond donors (Lipinski definition) is 1. The van der Waals surface area contributed by atoms with Crippen LogP contribution in [0, 0.1) is 11.3 Å². The summed E-state index contributed by atoms with van der Waals surface area (Å²) in [4.78, 5) is 13.9. The van der Waals surface area contributed by atoms with E-state index in [-0.39, 0.29) is 39.7 Å². The van der Waals surface area contributed by atoms with Crippen molar-refractivity contribution in [2.24, 2.45) is 11.3 Å². The molecule has 0 spiro atoms. The smallest absolute Gasteiger partial charge is 0.244 e. The van der Waals surface area contributed by atoms with Crippen molar-refractivity contribution in [1.29, 1.82) is 0 Å². The minimum absolute atomic E-state index is 0.00392. The summed E-state index contributed by atoms with van der Waals surface area (Å²) in [6.07, 6.45) is 14.4. The van der Waals surface area contributed by atoms with E-state index in [1.165, 1.54) is 82.2 Å². The fraction of sp³-hybridized carbons (Fsp3) is 0.263. The highest BCUT2D eigenvalue weighted by atomic mass is 32.1. The lowest BCUT2D eigenvalue weighted by Gasteiger charge is -2.48. The molecule has 4 aliphatic heterocycles. The third-order valence-electron chi connectivity index (χ3n) is 25.6. The van der Waals surface area contributed by atoms with Crippen molar-refractivity contribution in [2.45, 2.75) is 147 Å². The maximum absolute atomic E-state index is 7.95. The second-order valence-corrected chi connectivity index (χ2v) is 34.0. The first-order valence-electron chi connectivity index (χ1n) is 37.9. The van der Waals surface area contributed by atoms with Crippen LogP contribution in [0.25, 0.3) is 0 Å². The van der Waals surface area contributed by atoms with Gasteiger partial charge >= 0.3 is 0 Å². The summed E-state index contributed by atoms with van der Waals surface area (Å²) in [7, 11) is 0. The molecule has 103 heavy (non-hydrogen) atoms. The summed E-state index contributed by atoms with van der Waals surface area (Å²) >= 11 is 5.76. The molecule has 0 N–H and O–H groups in total. The van der Waals surface area contributed by atoms with Crippen LogP contribution in [0.15, 0.2) is 271 Å². The van der Waals surface area contributed by atoms with Crippen LogP contribution in [0.1, 0.15) is 164 Å². The van der Waals surface area contributed by atoms with Crippen LogP contribution in [-0.2, 0) is 21.7 Å². The van der Waals surface area contributed by atoms with Crippen LogP contribution in [-0.4, -0.2) is 6.71 Å². The number of allylic oxidation sites excluding steroid dienone is 2. The summed E-state index contributed by atoms with van der Waals surface area (Å²) in [6.45, 7) is 19.3. The Morgan fingerprint density at radius 3 is 1.38 bits per heavy atom. The number of thiol groups is 1. The van der Waals surface area contributed by atoms with Gasteiger partial charge in [0.05, 0.1) is 22.7 Å². The lowest BCUT2D eigenvalue weighted by Crippen LogP contribution is -2.53. The number of rotatable bonds is 11. The van der Waals surface area contributed by atoms with Gasteiger partial charge in [0.15, 0.2) is 0 Å². The summed E-state index contributed by atoms with van der Waals surface area (Å²) in [5.74, 6) is 4.96. The molecule has 5 aliphatic carbocycles. The largest absolute Gasteiger partial charge is 0.456 e. The Kier molecular flexibility index (Phi) is 14.8. The number of hydrogen-bond acceptors (Lipinski definition) is 7. The van der Waals surface area contributed by atoms with Gasteiger partial charge in [-0.25, -0.2) is 0 Å². The molecule has 3 saturated carbocycles. The molecule has 2 bridgehead atoms. The number of ether oxygens (including phenoxy) is 1. The van der Waals surface area contributed by atoms with E-state index >= 15 is 0 Å². The average Bonchev–Trinajstić information content (AvgIpc) is 0.693. The van der Waals surface area contributed by atoms with Crippen LogP contribution in [0.5, 0.6) is 11.5 Å². The van der Waals surface area contributed by atoms with Crippen LogP contribution in [0.3, 0.4) is 0 Å². The molecule has 1 unspecified atom stereocenters. The zero-order valence-corrected chi connectivity index (χ0v) is 61.6. The molecular formula is C95H90BN5OS. The van der Waals surface area contributed by atoms with Crippen LogP contribution >= 0.6 is 12.6 Å². The zero-order chi connectivity index (χ0) is 69.9. The molecule has 3 fully saturated rings. The highest BCUT2D eigenvalue weighted by molar-refractivity contribution is 7.84. The Morgan fingerprint density at radius 2 is 0.845 bits per heavy atom. The van der Waals surface area contributed by atoms with Crippen LogP contribution in [0.4, 0.5) is 79.6 Å². The van der Waals surface area contributed by atoms with Crippen LogP contribution < -0.4 is 40.2 Å². The number of anilines is 14. The van der Waals surface area contributed by atoms with E-state index in [2.05, 4.69) is 341 Å². The van der Waals surface area contributed by atoms with Crippen molar-refractivity contribution >= 4 is 110 Å². The topological polar surface area (TPSA) is 25.4 Å². The minimum atomic E-state index is -0.183. The van der Waals surface area contributed by atoms with Gasteiger partial charge in [0.25, 0.3) is 0 Å². The predicted octanol–water partition coefficient (Wildman–Crippen LogP) is 25.1. The lowest BCUT2D eigenvalue weighted by atomic mass is 9.37. The lowest BCUT2D eigenvalue weighted by molar-refractivity contribution is 0.107. The molecule has 1 atom stereocenters. The maximum Gasteiger partial charge on any atom is 0.244 e. The van der Waals surface area contributed by atoms with Crippen molar-refractivity contribution in [3.8, 4) is 11.5 Å². The third kappa shape index (κ3) is 10.3. The van der Waals surface area contributed by atoms with Gasteiger partial charge in [-0.05, 0) is 251 Å². The molecule has 9 aliphatic rings. The molecule has 4 heterocycles. The van der Waals surface area contributed by atoms with Crippen LogP contribution in [0.2, 0.25) is 0 Å². The van der Waals surface area contributed by atoms with E-state index in [4.69, 9.17) is 17.4 Å². The van der Waals surface area contributed by atoms with E-state index in [1.54, 1.807) is 0 Å². The van der Waals surface area contributed by atoms with Gasteiger partial charge in [0, 0.05) is 97.2 Å². The quantitative estimate of drug-likeness (QED) is 0.102. The first-order valence-corrected chi connectivity index (χ1v) is 38.3. The Balaban J connectivity index is 0.874. The van der Waals surface area contributed by atoms with E-state index in [1.807, 2.05) is 0 Å². The maximum atomic E-state index is 7.95. The van der Waals surface area contributed by atoms with Gasteiger partial charge in [0.1, 0.15) is 11.5 Å². The number of nitrogens with zero attached hydrogens (tertiary/aromatic N) is 5. The standard InChI is InChI=1S/C95H90BN5OS/c1-91(2)48-50-93(5,6)77-52-68(38-40-75(77)91)97(63-26-14-9-15-27-63)70-55-83-90-84(56-70)101(67-34-22-13-23-35-67)81-60-85-74(59-79(81)96(90)61-72(99(83)65-30-18-11-19-31-65)58-87(103)95-45-42-62(43-46-95)44-47-95)88-73-36-24-25-37-80(73)100(66-32-20-12-21-33-66)82-54-71(57-86(102-85)89(82)88)98(64-28-16-10-17-29-64)69-39-41-76-78(53-69)94(7,8)51-49-92(76,3)4/h9-41,52-62,88,103H,42-51H2,1-8H3/b87-58-. The van der Waals surface area contributed by atoms with E-state index in [0.717, 1.165) is 140 Å². The van der Waals surface area contributed by atoms with E-state index in [0.29, 0.717) is 0 Å². The monoisotopic (exact) mass is 1360 g/mol. The first-order chi connectivity index (χ1) is 49.9. The molecule has 0 saturated heterocycles. The highest BCUT2D eigenvalue weighted by Gasteiger charge is 2.48. The SMILES string of the molecule is CC1(C)CCC(C)(C)c2cc(N(c3ccccc3)c3cc4c5c(c3)N(c3ccccc3)c3cc6c(cc3B5C=C(/C=C(\S)C35CCC(CC3)CC5)N4c3ccccc3)C3c4ccccc4N(c4ccccc4)c4cc(N(c5ccccc5)c5ccc7c(c5)C(C)(C)CCC7(C)C)cc(c43)O6)ccc21. The Bertz CT molecular complexity index is 5250. The molecule has 0 radical (unpaired) electrons. The van der Waals surface area contributed by atoms with Gasteiger partial charge in [-0.15, -0.1) is 12.6 Å². The molecule has 20 rings (SSSR count). The fourth-order valence-corrected chi connectivity index (χ4v) is 20.1. The molecular weight excluding hydrogens is 1270 g/mol. The van der Waals surface area contributed by atoms with Crippen molar-refractivity contribution in [3.63, 3.8) is 0 Å². The van der Waals surface area contributed by atoms with Gasteiger partial charge in [0.2, 0.25) is 6.71 Å². The second-order valence-electron chi connectivity index (χ2n) is 33.5.